The summed E-state index contributed by atoms with van der Waals surface area (Å²) in [6.07, 6.45) is 0.684. The predicted molar refractivity (Wildman–Crippen MR) is 133 cm³/mol. The molecule has 1 unspecified atom stereocenters. The zero-order chi connectivity index (χ0) is 23.8. The van der Waals surface area contributed by atoms with Crippen molar-refractivity contribution < 1.29 is 19.7 Å². The van der Waals surface area contributed by atoms with Gasteiger partial charge >= 0.3 is 5.97 Å². The third-order valence-corrected chi connectivity index (χ3v) is 6.03. The average Bonchev–Trinajstić information content (AvgIpc) is 2.77. The first kappa shape index (κ1) is 24.7. The number of carboxylic acid groups (broad SMARTS) is 1. The van der Waals surface area contributed by atoms with Crippen molar-refractivity contribution in [3.63, 3.8) is 0 Å². The van der Waals surface area contributed by atoms with Crippen LogP contribution in [0.1, 0.15) is 24.5 Å². The summed E-state index contributed by atoms with van der Waals surface area (Å²) in [6.45, 7) is 3.81. The number of phenols is 1. The lowest BCUT2D eigenvalue weighted by Gasteiger charge is -2.29. The highest BCUT2D eigenvalue weighted by Crippen LogP contribution is 2.30. The number of hydrogen-bond acceptors (Lipinski definition) is 4. The lowest BCUT2D eigenvalue weighted by atomic mass is 10.1. The number of halogens is 2. The van der Waals surface area contributed by atoms with E-state index in [1.165, 1.54) is 0 Å². The zero-order valence-corrected chi connectivity index (χ0v) is 19.9. The Morgan fingerprint density at radius 1 is 1.03 bits per heavy atom. The molecule has 0 aliphatic rings. The number of benzene rings is 3. The fourth-order valence-electron chi connectivity index (χ4n) is 3.63. The molecule has 0 heterocycles. The second kappa shape index (κ2) is 11.8. The van der Waals surface area contributed by atoms with Crippen LogP contribution in [-0.2, 0) is 17.8 Å². The summed E-state index contributed by atoms with van der Waals surface area (Å²) in [7, 11) is 0. The van der Waals surface area contributed by atoms with Crippen molar-refractivity contribution in [3.8, 4) is 11.5 Å². The van der Waals surface area contributed by atoms with Gasteiger partial charge in [0, 0.05) is 18.7 Å². The molecule has 0 spiro atoms. The van der Waals surface area contributed by atoms with Gasteiger partial charge in [-0.05, 0) is 48.2 Å². The van der Waals surface area contributed by atoms with E-state index in [9.17, 15) is 9.90 Å². The highest BCUT2D eigenvalue weighted by atomic mass is 35.5. The van der Waals surface area contributed by atoms with Gasteiger partial charge in [-0.25, -0.2) is 0 Å². The summed E-state index contributed by atoms with van der Waals surface area (Å²) < 4.78 is 5.90. The minimum Gasteiger partial charge on any atom is -0.506 e. The van der Waals surface area contributed by atoms with E-state index in [0.29, 0.717) is 41.1 Å². The first-order valence-electron chi connectivity index (χ1n) is 10.7. The smallest absolute Gasteiger partial charge is 0.307 e. The van der Waals surface area contributed by atoms with Gasteiger partial charge < -0.3 is 19.8 Å². The Hall–Kier alpha value is -2.89. The van der Waals surface area contributed by atoms with Gasteiger partial charge in [0.25, 0.3) is 0 Å². The van der Waals surface area contributed by atoms with Gasteiger partial charge in [-0.3, -0.25) is 4.79 Å². The van der Waals surface area contributed by atoms with E-state index in [-0.39, 0.29) is 18.1 Å². The van der Waals surface area contributed by atoms with Crippen molar-refractivity contribution >= 4 is 34.9 Å². The van der Waals surface area contributed by atoms with E-state index >= 15 is 0 Å². The van der Waals surface area contributed by atoms with Crippen molar-refractivity contribution in [2.45, 2.75) is 26.3 Å². The minimum atomic E-state index is -0.889. The molecule has 33 heavy (non-hydrogen) atoms. The van der Waals surface area contributed by atoms with Crippen LogP contribution in [-0.4, -0.2) is 29.3 Å². The van der Waals surface area contributed by atoms with E-state index in [4.69, 9.17) is 33.0 Å². The Morgan fingerprint density at radius 3 is 2.48 bits per heavy atom. The SMILES string of the molecule is CC(CCOc1ccccc1CC(=O)O)CN(Cc1ccc(Cl)c(Cl)c1)c1ccccc1O. The number of aromatic hydroxyl groups is 1. The molecule has 3 rings (SSSR count). The maximum absolute atomic E-state index is 11.1. The summed E-state index contributed by atoms with van der Waals surface area (Å²) in [5.74, 6) is 0.156. The van der Waals surface area contributed by atoms with Crippen molar-refractivity contribution in [2.24, 2.45) is 5.92 Å². The lowest BCUT2D eigenvalue weighted by molar-refractivity contribution is -0.136. The fourth-order valence-corrected chi connectivity index (χ4v) is 3.95. The van der Waals surface area contributed by atoms with Crippen LogP contribution in [0.3, 0.4) is 0 Å². The average molecular weight is 488 g/mol. The maximum atomic E-state index is 11.1. The Bertz CT molecular complexity index is 1090. The highest BCUT2D eigenvalue weighted by Gasteiger charge is 2.16. The van der Waals surface area contributed by atoms with Gasteiger partial charge in [0.1, 0.15) is 11.5 Å². The summed E-state index contributed by atoms with van der Waals surface area (Å²) >= 11 is 12.3. The Morgan fingerprint density at radius 2 is 1.76 bits per heavy atom. The molecule has 2 N–H and O–H groups in total. The first-order valence-corrected chi connectivity index (χ1v) is 11.5. The van der Waals surface area contributed by atoms with Crippen LogP contribution in [0.2, 0.25) is 10.0 Å². The van der Waals surface area contributed by atoms with Crippen LogP contribution in [0.25, 0.3) is 0 Å². The number of aliphatic carboxylic acids is 1. The fraction of sp³-hybridized carbons (Fsp3) is 0.269. The number of rotatable bonds is 11. The van der Waals surface area contributed by atoms with E-state index in [0.717, 1.165) is 17.7 Å². The Labute approximate surface area is 204 Å². The van der Waals surface area contributed by atoms with Crippen LogP contribution in [0.5, 0.6) is 11.5 Å². The second-order valence-corrected chi connectivity index (χ2v) is 8.85. The quantitative estimate of drug-likeness (QED) is 0.325. The van der Waals surface area contributed by atoms with Crippen LogP contribution in [0.15, 0.2) is 66.7 Å². The highest BCUT2D eigenvalue weighted by molar-refractivity contribution is 6.42. The molecule has 0 fully saturated rings. The van der Waals surface area contributed by atoms with Gasteiger partial charge in [0.15, 0.2) is 0 Å². The molecule has 5 nitrogen and oxygen atoms in total. The van der Waals surface area contributed by atoms with Crippen molar-refractivity contribution in [1.29, 1.82) is 0 Å². The van der Waals surface area contributed by atoms with Gasteiger partial charge in [-0.2, -0.15) is 0 Å². The zero-order valence-electron chi connectivity index (χ0n) is 18.4. The molecule has 7 heteroatoms. The van der Waals surface area contributed by atoms with E-state index in [2.05, 4.69) is 11.8 Å². The molecule has 174 valence electrons. The number of carbonyl (C=O) groups is 1. The van der Waals surface area contributed by atoms with Crippen molar-refractivity contribution in [1.82, 2.24) is 0 Å². The monoisotopic (exact) mass is 487 g/mol. The van der Waals surface area contributed by atoms with Crippen molar-refractivity contribution in [2.75, 3.05) is 18.1 Å². The molecule has 3 aromatic rings. The Kier molecular flexibility index (Phi) is 8.87. The molecular formula is C26H27Cl2NO4. The van der Waals surface area contributed by atoms with Gasteiger partial charge in [-0.1, -0.05) is 66.5 Å². The minimum absolute atomic E-state index is 0.0730. The number of carboxylic acids is 1. The van der Waals surface area contributed by atoms with Crippen LogP contribution >= 0.6 is 23.2 Å². The maximum Gasteiger partial charge on any atom is 0.307 e. The van der Waals surface area contributed by atoms with Crippen molar-refractivity contribution in [3.05, 3.63) is 87.9 Å². The molecule has 0 radical (unpaired) electrons. The lowest BCUT2D eigenvalue weighted by Crippen LogP contribution is -2.29. The summed E-state index contributed by atoms with van der Waals surface area (Å²) in [4.78, 5) is 13.2. The second-order valence-electron chi connectivity index (χ2n) is 8.04. The normalized spacial score (nSPS) is 11.7. The topological polar surface area (TPSA) is 70.0 Å². The van der Waals surface area contributed by atoms with Crippen LogP contribution in [0.4, 0.5) is 5.69 Å². The third-order valence-electron chi connectivity index (χ3n) is 5.29. The van der Waals surface area contributed by atoms with Crippen LogP contribution < -0.4 is 9.64 Å². The molecule has 0 saturated heterocycles. The number of phenolic OH excluding ortho intramolecular Hbond substituents is 1. The molecule has 0 aliphatic carbocycles. The summed E-state index contributed by atoms with van der Waals surface area (Å²) in [5, 5.41) is 20.5. The summed E-state index contributed by atoms with van der Waals surface area (Å²) in [5.41, 5.74) is 2.38. The summed E-state index contributed by atoms with van der Waals surface area (Å²) in [6, 6.07) is 20.0. The Balaban J connectivity index is 1.66. The standard InChI is InChI=1S/C26H27Cl2NO4/c1-18(12-13-33-25-9-5-2-6-20(25)15-26(31)32)16-29(23-7-3-4-8-24(23)30)17-19-10-11-21(27)22(28)14-19/h2-11,14,18,30H,12-13,15-17H2,1H3,(H,31,32). The molecule has 0 bridgehead atoms. The molecule has 0 aliphatic heterocycles. The number of nitrogens with zero attached hydrogens (tertiary/aromatic N) is 1. The number of para-hydroxylation sites is 3. The van der Waals surface area contributed by atoms with E-state index < -0.39 is 5.97 Å². The number of ether oxygens (including phenoxy) is 1. The molecule has 0 amide bonds. The number of anilines is 1. The van der Waals surface area contributed by atoms with Gasteiger partial charge in [-0.15, -0.1) is 0 Å². The first-order chi connectivity index (χ1) is 15.8. The third kappa shape index (κ3) is 7.31. The van der Waals surface area contributed by atoms with Crippen LogP contribution in [0, 0.1) is 5.92 Å². The largest absolute Gasteiger partial charge is 0.506 e. The molecule has 3 aromatic carbocycles. The molecule has 0 saturated carbocycles. The van der Waals surface area contributed by atoms with Gasteiger partial charge in [0.05, 0.1) is 28.8 Å². The molecular weight excluding hydrogens is 461 g/mol. The predicted octanol–water partition coefficient (Wildman–Crippen LogP) is 6.44. The number of hydrogen-bond donors (Lipinski definition) is 2. The molecule has 1 atom stereocenters. The van der Waals surface area contributed by atoms with E-state index in [1.807, 2.05) is 30.3 Å². The van der Waals surface area contributed by atoms with Gasteiger partial charge in [0.2, 0.25) is 0 Å². The molecule has 0 aromatic heterocycles. The van der Waals surface area contributed by atoms with E-state index in [1.54, 1.807) is 36.4 Å².